The zero-order chi connectivity index (χ0) is 19.8. The number of benzene rings is 3. The quantitative estimate of drug-likeness (QED) is 0.549. The average molecular weight is 405 g/mol. The summed E-state index contributed by atoms with van der Waals surface area (Å²) in [4.78, 5) is 12.9. The largest absolute Gasteiger partial charge is 0.454 e. The third-order valence-electron chi connectivity index (χ3n) is 5.14. The summed E-state index contributed by atoms with van der Waals surface area (Å²) in [7, 11) is 0. The molecule has 3 aromatic carbocycles. The second kappa shape index (κ2) is 7.30. The highest BCUT2D eigenvalue weighted by Gasteiger charge is 2.36. The zero-order valence-electron chi connectivity index (χ0n) is 15.4. The van der Waals surface area contributed by atoms with E-state index < -0.39 is 6.10 Å². The molecule has 1 unspecified atom stereocenters. The molecule has 5 rings (SSSR count). The number of hydrogen-bond donors (Lipinski definition) is 0. The first-order chi connectivity index (χ1) is 14.2. The Morgan fingerprint density at radius 1 is 0.897 bits per heavy atom. The number of fused-ring (bicyclic) bond motifs is 1. The lowest BCUT2D eigenvalue weighted by atomic mass is 9.90. The van der Waals surface area contributed by atoms with Crippen molar-refractivity contribution < 1.29 is 19.0 Å². The van der Waals surface area contributed by atoms with E-state index in [-0.39, 0.29) is 12.8 Å². The van der Waals surface area contributed by atoms with Crippen LogP contribution < -0.4 is 9.47 Å². The highest BCUT2D eigenvalue weighted by molar-refractivity contribution is 6.30. The zero-order valence-corrected chi connectivity index (χ0v) is 16.2. The van der Waals surface area contributed by atoms with Crippen molar-refractivity contribution >= 4 is 23.1 Å². The Morgan fingerprint density at radius 3 is 2.45 bits per heavy atom. The van der Waals surface area contributed by atoms with Crippen LogP contribution in [0, 0.1) is 0 Å². The summed E-state index contributed by atoms with van der Waals surface area (Å²) in [5, 5.41) is 0.641. The topological polar surface area (TPSA) is 44.8 Å². The second-order valence-electron chi connectivity index (χ2n) is 6.97. The molecule has 0 saturated heterocycles. The minimum Gasteiger partial charge on any atom is -0.454 e. The molecule has 2 aliphatic rings. The average Bonchev–Trinajstić information content (AvgIpc) is 3.33. The van der Waals surface area contributed by atoms with Crippen LogP contribution in [0.3, 0.4) is 0 Å². The summed E-state index contributed by atoms with van der Waals surface area (Å²) in [6.07, 6.45) is 0.143. The summed E-state index contributed by atoms with van der Waals surface area (Å²) in [5.41, 5.74) is 4.26. The number of carbonyl (C=O) groups is 1. The second-order valence-corrected chi connectivity index (χ2v) is 7.40. The number of esters is 1. The van der Waals surface area contributed by atoms with Crippen LogP contribution in [-0.4, -0.2) is 12.8 Å². The van der Waals surface area contributed by atoms with Gasteiger partial charge in [0.05, 0.1) is 5.57 Å². The van der Waals surface area contributed by atoms with Gasteiger partial charge in [-0.1, -0.05) is 60.1 Å². The van der Waals surface area contributed by atoms with Crippen molar-refractivity contribution in [2.24, 2.45) is 0 Å². The molecule has 1 atom stereocenters. The molecule has 0 N–H and O–H groups in total. The van der Waals surface area contributed by atoms with Gasteiger partial charge in [0.2, 0.25) is 6.79 Å². The molecule has 0 aliphatic carbocycles. The molecule has 0 spiro atoms. The van der Waals surface area contributed by atoms with Gasteiger partial charge in [-0.3, -0.25) is 0 Å². The van der Waals surface area contributed by atoms with Crippen LogP contribution in [0.5, 0.6) is 11.5 Å². The third-order valence-corrected chi connectivity index (χ3v) is 5.39. The molecule has 4 nitrogen and oxygen atoms in total. The van der Waals surface area contributed by atoms with Gasteiger partial charge < -0.3 is 14.2 Å². The van der Waals surface area contributed by atoms with Crippen molar-refractivity contribution in [1.29, 1.82) is 0 Å². The van der Waals surface area contributed by atoms with E-state index in [9.17, 15) is 4.79 Å². The molecule has 144 valence electrons. The van der Waals surface area contributed by atoms with Crippen LogP contribution in [0.4, 0.5) is 0 Å². The van der Waals surface area contributed by atoms with Gasteiger partial charge in [0.15, 0.2) is 11.5 Å². The standard InChI is InChI=1S/C24H17ClO4/c25-18-9-6-16(7-10-18)23-19(12-15-4-2-1-3-5-15)22(24(26)29-23)17-8-11-20-21(13-17)28-14-27-20/h1-11,13,23H,12,14H2. The van der Waals surface area contributed by atoms with Crippen LogP contribution in [0.25, 0.3) is 5.57 Å². The van der Waals surface area contributed by atoms with E-state index in [4.69, 9.17) is 25.8 Å². The van der Waals surface area contributed by atoms with Crippen molar-refractivity contribution in [1.82, 2.24) is 0 Å². The van der Waals surface area contributed by atoms with Gasteiger partial charge in [0.25, 0.3) is 0 Å². The van der Waals surface area contributed by atoms with E-state index in [0.717, 1.165) is 22.3 Å². The Balaban J connectivity index is 1.63. The van der Waals surface area contributed by atoms with E-state index >= 15 is 0 Å². The minimum atomic E-state index is -0.458. The lowest BCUT2D eigenvalue weighted by Gasteiger charge is -2.15. The number of hydrogen-bond acceptors (Lipinski definition) is 4. The molecule has 29 heavy (non-hydrogen) atoms. The molecule has 0 bridgehead atoms. The van der Waals surface area contributed by atoms with E-state index in [1.165, 1.54) is 0 Å². The Morgan fingerprint density at radius 2 is 1.66 bits per heavy atom. The molecular weight excluding hydrogens is 388 g/mol. The monoisotopic (exact) mass is 404 g/mol. The fourth-order valence-corrected chi connectivity index (χ4v) is 3.88. The molecule has 0 amide bonds. The summed E-state index contributed by atoms with van der Waals surface area (Å²) in [6.45, 7) is 0.187. The number of cyclic esters (lactones) is 1. The number of rotatable bonds is 4. The normalized spacial score (nSPS) is 17.6. The van der Waals surface area contributed by atoms with Crippen LogP contribution in [0.15, 0.2) is 78.4 Å². The van der Waals surface area contributed by atoms with Crippen LogP contribution in [0.1, 0.15) is 22.8 Å². The van der Waals surface area contributed by atoms with Crippen LogP contribution >= 0.6 is 11.6 Å². The van der Waals surface area contributed by atoms with Crippen molar-refractivity contribution in [2.45, 2.75) is 12.5 Å². The van der Waals surface area contributed by atoms with E-state index in [1.54, 1.807) is 0 Å². The fraction of sp³-hybridized carbons (Fsp3) is 0.125. The molecule has 0 saturated carbocycles. The van der Waals surface area contributed by atoms with Crippen molar-refractivity contribution in [3.05, 3.63) is 100 Å². The van der Waals surface area contributed by atoms with Crippen molar-refractivity contribution in [3.8, 4) is 11.5 Å². The highest BCUT2D eigenvalue weighted by Crippen LogP contribution is 2.43. The van der Waals surface area contributed by atoms with Gasteiger partial charge in [0.1, 0.15) is 6.10 Å². The first-order valence-electron chi connectivity index (χ1n) is 9.32. The molecule has 5 heteroatoms. The van der Waals surface area contributed by atoms with Crippen LogP contribution in [0.2, 0.25) is 5.02 Å². The van der Waals surface area contributed by atoms with Gasteiger partial charge in [-0.15, -0.1) is 0 Å². The summed E-state index contributed by atoms with van der Waals surface area (Å²) < 4.78 is 16.7. The summed E-state index contributed by atoms with van der Waals surface area (Å²) in [5.74, 6) is 0.978. The minimum absolute atomic E-state index is 0.187. The maximum Gasteiger partial charge on any atom is 0.339 e. The number of carbonyl (C=O) groups excluding carboxylic acids is 1. The van der Waals surface area contributed by atoms with E-state index in [2.05, 4.69) is 0 Å². The van der Waals surface area contributed by atoms with Crippen molar-refractivity contribution in [2.75, 3.05) is 6.79 Å². The SMILES string of the molecule is O=C1OC(c2ccc(Cl)cc2)C(Cc2ccccc2)=C1c1ccc2c(c1)OCO2. The molecule has 0 radical (unpaired) electrons. The molecule has 2 heterocycles. The van der Waals surface area contributed by atoms with Gasteiger partial charge >= 0.3 is 5.97 Å². The van der Waals surface area contributed by atoms with Gasteiger partial charge in [-0.2, -0.15) is 0 Å². The lowest BCUT2D eigenvalue weighted by Crippen LogP contribution is -2.04. The fourth-order valence-electron chi connectivity index (χ4n) is 3.76. The van der Waals surface area contributed by atoms with Gasteiger partial charge in [0, 0.05) is 5.02 Å². The summed E-state index contributed by atoms with van der Waals surface area (Å²) >= 11 is 6.05. The Hall–Kier alpha value is -3.24. The van der Waals surface area contributed by atoms with Crippen molar-refractivity contribution in [3.63, 3.8) is 0 Å². The third kappa shape index (κ3) is 3.36. The predicted octanol–water partition coefficient (Wildman–Crippen LogP) is 5.36. The molecule has 0 aromatic heterocycles. The highest BCUT2D eigenvalue weighted by atomic mass is 35.5. The number of ether oxygens (including phenoxy) is 3. The van der Waals surface area contributed by atoms with E-state index in [0.29, 0.717) is 28.5 Å². The lowest BCUT2D eigenvalue weighted by molar-refractivity contribution is -0.138. The summed E-state index contributed by atoms with van der Waals surface area (Å²) in [6, 6.07) is 23.0. The Bertz CT molecular complexity index is 1100. The molecule has 0 fully saturated rings. The maximum atomic E-state index is 12.9. The smallest absolute Gasteiger partial charge is 0.339 e. The first-order valence-corrected chi connectivity index (χ1v) is 9.70. The molecule has 2 aliphatic heterocycles. The Labute approximate surface area is 173 Å². The first kappa shape index (κ1) is 17.8. The van der Waals surface area contributed by atoms with Crippen LogP contribution in [-0.2, 0) is 16.0 Å². The predicted molar refractivity (Wildman–Crippen MR) is 110 cm³/mol. The number of halogens is 1. The van der Waals surface area contributed by atoms with Gasteiger partial charge in [-0.25, -0.2) is 4.79 Å². The van der Waals surface area contributed by atoms with Gasteiger partial charge in [-0.05, 0) is 52.9 Å². The molecule has 3 aromatic rings. The molecular formula is C24H17ClO4. The Kier molecular flexibility index (Phi) is 4.49. The maximum absolute atomic E-state index is 12.9. The van der Waals surface area contributed by atoms with E-state index in [1.807, 2.05) is 72.8 Å².